The quantitative estimate of drug-likeness (QED) is 0.826. The summed E-state index contributed by atoms with van der Waals surface area (Å²) in [7, 11) is 0. The van der Waals surface area contributed by atoms with Gasteiger partial charge in [0.25, 0.3) is 0 Å². The van der Waals surface area contributed by atoms with Gasteiger partial charge in [-0.2, -0.15) is 0 Å². The molecule has 3 atom stereocenters. The fourth-order valence-electron chi connectivity index (χ4n) is 3.83. The van der Waals surface area contributed by atoms with E-state index in [-0.39, 0.29) is 11.7 Å². The Hall–Kier alpha value is -1.45. The van der Waals surface area contributed by atoms with Gasteiger partial charge >= 0.3 is 0 Å². The van der Waals surface area contributed by atoms with Crippen molar-refractivity contribution in [2.75, 3.05) is 19.8 Å². The third-order valence-corrected chi connectivity index (χ3v) is 5.30. The molecule has 3 aliphatic rings. The Labute approximate surface area is 145 Å². The van der Waals surface area contributed by atoms with Crippen LogP contribution in [0.15, 0.2) is 30.3 Å². The molecule has 0 N–H and O–H groups in total. The number of fused-ring (bicyclic) bond motifs is 1. The number of ether oxygens (including phenoxy) is 2. The first-order chi connectivity index (χ1) is 11.7. The van der Waals surface area contributed by atoms with Crippen LogP contribution in [-0.4, -0.2) is 31.7 Å². The minimum absolute atomic E-state index is 0.204. The zero-order valence-electron chi connectivity index (χ0n) is 14.8. The van der Waals surface area contributed by atoms with Crippen LogP contribution in [0.2, 0.25) is 0 Å². The predicted octanol–water partition coefficient (Wildman–Crippen LogP) is 4.37. The number of rotatable bonds is 3. The van der Waals surface area contributed by atoms with Crippen LogP contribution in [0, 0.1) is 5.92 Å². The van der Waals surface area contributed by atoms with Gasteiger partial charge in [0.1, 0.15) is 5.78 Å². The number of hydrogen-bond acceptors (Lipinski definition) is 3. The third-order valence-electron chi connectivity index (χ3n) is 5.30. The molecule has 3 nitrogen and oxygen atoms in total. The van der Waals surface area contributed by atoms with Crippen molar-refractivity contribution >= 4 is 11.4 Å². The van der Waals surface area contributed by atoms with Crippen LogP contribution in [0.4, 0.5) is 0 Å². The van der Waals surface area contributed by atoms with Gasteiger partial charge in [0, 0.05) is 25.0 Å². The Morgan fingerprint density at radius 1 is 1.21 bits per heavy atom. The van der Waals surface area contributed by atoms with Gasteiger partial charge in [-0.1, -0.05) is 37.3 Å². The largest absolute Gasteiger partial charge is 0.381 e. The molecule has 24 heavy (non-hydrogen) atoms. The van der Waals surface area contributed by atoms with Crippen LogP contribution in [0.3, 0.4) is 0 Å². The Bertz CT molecular complexity index is 593. The van der Waals surface area contributed by atoms with Crippen LogP contribution in [0.25, 0.3) is 5.57 Å². The number of carbonyl (C=O) groups excluding carboxylic acids is 1. The molecular weight excluding hydrogens is 300 g/mol. The Morgan fingerprint density at radius 3 is 2.62 bits per heavy atom. The van der Waals surface area contributed by atoms with Crippen molar-refractivity contribution < 1.29 is 14.3 Å². The highest BCUT2D eigenvalue weighted by atomic mass is 16.5. The summed E-state index contributed by atoms with van der Waals surface area (Å²) in [6, 6.07) is 8.80. The number of Topliss-reactive ketones (excluding diaryl/α,β-unsaturated/α-hetero) is 1. The van der Waals surface area contributed by atoms with Crippen molar-refractivity contribution in [2.24, 2.45) is 5.92 Å². The van der Waals surface area contributed by atoms with E-state index >= 15 is 0 Å². The van der Waals surface area contributed by atoms with Crippen molar-refractivity contribution in [3.05, 3.63) is 41.5 Å². The van der Waals surface area contributed by atoms with Gasteiger partial charge in [0.2, 0.25) is 0 Å². The highest BCUT2D eigenvalue weighted by molar-refractivity contribution is 5.78. The third kappa shape index (κ3) is 3.79. The van der Waals surface area contributed by atoms with E-state index in [1.165, 1.54) is 29.5 Å². The molecular formula is C21H28O3. The van der Waals surface area contributed by atoms with Crippen molar-refractivity contribution in [3.63, 3.8) is 0 Å². The van der Waals surface area contributed by atoms with E-state index in [1.807, 2.05) is 0 Å². The molecule has 4 rings (SSSR count). The molecule has 0 amide bonds. The number of allylic oxidation sites excluding steroid dienone is 1. The highest BCUT2D eigenvalue weighted by Gasteiger charge is 2.31. The smallest absolute Gasteiger partial charge is 0.135 e. The van der Waals surface area contributed by atoms with Crippen LogP contribution in [0.1, 0.15) is 56.6 Å². The lowest BCUT2D eigenvalue weighted by Gasteiger charge is -2.17. The molecule has 2 saturated heterocycles. The predicted molar refractivity (Wildman–Crippen MR) is 96.0 cm³/mol. The van der Waals surface area contributed by atoms with Gasteiger partial charge in [-0.15, -0.1) is 0 Å². The summed E-state index contributed by atoms with van der Waals surface area (Å²) in [4.78, 5) is 10.6. The van der Waals surface area contributed by atoms with Gasteiger partial charge in [-0.3, -0.25) is 4.79 Å². The number of ketones is 1. The van der Waals surface area contributed by atoms with Crippen LogP contribution in [-0.2, 0) is 14.3 Å². The summed E-state index contributed by atoms with van der Waals surface area (Å²) in [5, 5.41) is 0. The molecule has 1 aromatic carbocycles. The minimum atomic E-state index is 0.204. The van der Waals surface area contributed by atoms with E-state index in [1.54, 1.807) is 6.92 Å². The average Bonchev–Trinajstić information content (AvgIpc) is 3.34. The zero-order valence-corrected chi connectivity index (χ0v) is 14.8. The van der Waals surface area contributed by atoms with Gasteiger partial charge in [0.05, 0.1) is 12.7 Å². The molecule has 0 spiro atoms. The first-order valence-electron chi connectivity index (χ1n) is 9.20. The van der Waals surface area contributed by atoms with E-state index in [0.29, 0.717) is 18.6 Å². The summed E-state index contributed by atoms with van der Waals surface area (Å²) in [6.45, 7) is 6.22. The van der Waals surface area contributed by atoms with Crippen molar-refractivity contribution in [2.45, 2.75) is 51.6 Å². The second-order valence-electron chi connectivity index (χ2n) is 6.88. The van der Waals surface area contributed by atoms with Gasteiger partial charge in [-0.05, 0) is 49.3 Å². The van der Waals surface area contributed by atoms with E-state index in [4.69, 9.17) is 9.47 Å². The van der Waals surface area contributed by atoms with Crippen LogP contribution >= 0.6 is 0 Å². The summed E-state index contributed by atoms with van der Waals surface area (Å²) >= 11 is 0. The molecule has 0 radical (unpaired) electrons. The maximum absolute atomic E-state index is 10.6. The summed E-state index contributed by atoms with van der Waals surface area (Å²) in [5.74, 6) is 0.978. The first-order valence-corrected chi connectivity index (χ1v) is 9.20. The van der Waals surface area contributed by atoms with E-state index in [0.717, 1.165) is 26.1 Å². The Balaban J connectivity index is 0.000000179. The number of carbonyl (C=O) groups is 1. The van der Waals surface area contributed by atoms with E-state index in [9.17, 15) is 4.79 Å². The molecule has 130 valence electrons. The number of hydrogen-bond donors (Lipinski definition) is 0. The SMILES string of the molecule is CC(=O)C1CCOC1.CCC1=CC(C2CCCO2)c2ccccc21. The minimum Gasteiger partial charge on any atom is -0.381 e. The lowest BCUT2D eigenvalue weighted by Crippen LogP contribution is -2.14. The lowest BCUT2D eigenvalue weighted by molar-refractivity contribution is -0.120. The molecule has 0 saturated carbocycles. The lowest BCUT2D eigenvalue weighted by atomic mass is 9.93. The summed E-state index contributed by atoms with van der Waals surface area (Å²) < 4.78 is 10.8. The van der Waals surface area contributed by atoms with E-state index < -0.39 is 0 Å². The average molecular weight is 328 g/mol. The molecule has 1 aliphatic carbocycles. The molecule has 3 heteroatoms. The molecule has 3 unspecified atom stereocenters. The summed E-state index contributed by atoms with van der Waals surface area (Å²) in [6.07, 6.45) is 7.34. The summed E-state index contributed by atoms with van der Waals surface area (Å²) in [5.41, 5.74) is 4.42. The molecule has 0 bridgehead atoms. The van der Waals surface area contributed by atoms with Gasteiger partial charge < -0.3 is 9.47 Å². The Kier molecular flexibility index (Phi) is 5.85. The second-order valence-corrected chi connectivity index (χ2v) is 6.88. The maximum Gasteiger partial charge on any atom is 0.135 e. The van der Waals surface area contributed by atoms with Gasteiger partial charge in [0.15, 0.2) is 0 Å². The van der Waals surface area contributed by atoms with E-state index in [2.05, 4.69) is 37.3 Å². The van der Waals surface area contributed by atoms with Crippen LogP contribution < -0.4 is 0 Å². The molecule has 1 aromatic rings. The standard InChI is InChI=1S/C15H18O.C6H10O2/c1-2-11-10-14(15-8-5-9-16-15)13-7-4-3-6-12(11)13;1-5(7)6-2-3-8-4-6/h3-4,6-7,10,14-15H,2,5,8-9H2,1H3;6H,2-4H2,1H3. The molecule has 0 aromatic heterocycles. The molecule has 2 heterocycles. The molecule has 2 fully saturated rings. The monoisotopic (exact) mass is 328 g/mol. The van der Waals surface area contributed by atoms with Crippen molar-refractivity contribution in [1.82, 2.24) is 0 Å². The number of benzene rings is 1. The zero-order chi connectivity index (χ0) is 16.9. The highest BCUT2D eigenvalue weighted by Crippen LogP contribution is 2.42. The van der Waals surface area contributed by atoms with Gasteiger partial charge in [-0.25, -0.2) is 0 Å². The Morgan fingerprint density at radius 2 is 2.04 bits per heavy atom. The molecule has 2 aliphatic heterocycles. The fourth-order valence-corrected chi connectivity index (χ4v) is 3.83. The van der Waals surface area contributed by atoms with Crippen LogP contribution in [0.5, 0.6) is 0 Å². The normalized spacial score (nSPS) is 28.1. The van der Waals surface area contributed by atoms with Crippen molar-refractivity contribution in [3.8, 4) is 0 Å². The second kappa shape index (κ2) is 8.09. The topological polar surface area (TPSA) is 35.5 Å². The maximum atomic E-state index is 10.6. The first kappa shape index (κ1) is 17.4. The fraction of sp³-hybridized carbons (Fsp3) is 0.571. The van der Waals surface area contributed by atoms with Crippen molar-refractivity contribution in [1.29, 1.82) is 0 Å².